The van der Waals surface area contributed by atoms with E-state index in [1.165, 1.54) is 96.3 Å². The van der Waals surface area contributed by atoms with Gasteiger partial charge < -0.3 is 4.43 Å². The third-order valence-corrected chi connectivity index (χ3v) is 9.38. The summed E-state index contributed by atoms with van der Waals surface area (Å²) in [5, 5.41) is 0.270. The zero-order valence-electron chi connectivity index (χ0n) is 16.9. The number of rotatable bonds is 6. The van der Waals surface area contributed by atoms with E-state index in [2.05, 4.69) is 6.58 Å². The van der Waals surface area contributed by atoms with Crippen LogP contribution in [0.3, 0.4) is 0 Å². The SMILES string of the molecule is C=C(C)C(=O)O[Si]C(C1CCCCC1)(C1CCCCC1)C1CCCCC1. The van der Waals surface area contributed by atoms with Crippen molar-refractivity contribution in [1.82, 2.24) is 0 Å². The van der Waals surface area contributed by atoms with Crippen LogP contribution in [0, 0.1) is 17.8 Å². The Kier molecular flexibility index (Phi) is 7.42. The molecule has 0 unspecified atom stereocenters. The molecule has 3 rings (SSSR count). The lowest BCUT2D eigenvalue weighted by atomic mass is 9.61. The Morgan fingerprint density at radius 3 is 1.42 bits per heavy atom. The topological polar surface area (TPSA) is 26.3 Å². The second kappa shape index (κ2) is 9.57. The predicted molar refractivity (Wildman–Crippen MR) is 109 cm³/mol. The summed E-state index contributed by atoms with van der Waals surface area (Å²) in [5.74, 6) is 2.17. The van der Waals surface area contributed by atoms with Gasteiger partial charge in [-0.2, -0.15) is 0 Å². The van der Waals surface area contributed by atoms with Crippen LogP contribution in [0.4, 0.5) is 0 Å². The third kappa shape index (κ3) is 4.46. The molecule has 0 N–H and O–H groups in total. The minimum Gasteiger partial charge on any atom is -0.513 e. The highest BCUT2D eigenvalue weighted by atomic mass is 28.2. The van der Waals surface area contributed by atoms with Crippen LogP contribution < -0.4 is 0 Å². The van der Waals surface area contributed by atoms with Gasteiger partial charge in [-0.25, -0.2) is 4.79 Å². The summed E-state index contributed by atoms with van der Waals surface area (Å²) in [4.78, 5) is 12.3. The highest BCUT2D eigenvalue weighted by Crippen LogP contribution is 2.61. The monoisotopic (exact) mass is 374 g/mol. The van der Waals surface area contributed by atoms with Gasteiger partial charge in [0.15, 0.2) is 0 Å². The lowest BCUT2D eigenvalue weighted by Crippen LogP contribution is -2.46. The lowest BCUT2D eigenvalue weighted by Gasteiger charge is -2.53. The van der Waals surface area contributed by atoms with Gasteiger partial charge in [0.2, 0.25) is 0 Å². The zero-order valence-corrected chi connectivity index (χ0v) is 17.9. The second-order valence-corrected chi connectivity index (χ2v) is 10.5. The first-order chi connectivity index (χ1) is 12.6. The fraction of sp³-hybridized carbons (Fsp3) is 0.870. The molecule has 3 heteroatoms. The molecular weight excluding hydrogens is 336 g/mol. The van der Waals surface area contributed by atoms with E-state index in [1.807, 2.05) is 0 Å². The fourth-order valence-electron chi connectivity index (χ4n) is 6.21. The molecule has 0 atom stereocenters. The van der Waals surface area contributed by atoms with E-state index >= 15 is 0 Å². The van der Waals surface area contributed by atoms with Crippen molar-refractivity contribution in [2.24, 2.45) is 17.8 Å². The Hall–Kier alpha value is -0.573. The minimum absolute atomic E-state index is 0.157. The maximum Gasteiger partial charge on any atom is 0.323 e. The first-order valence-electron chi connectivity index (χ1n) is 11.3. The van der Waals surface area contributed by atoms with Crippen molar-refractivity contribution in [2.45, 2.75) is 108 Å². The van der Waals surface area contributed by atoms with E-state index in [4.69, 9.17) is 4.43 Å². The summed E-state index contributed by atoms with van der Waals surface area (Å²) in [6, 6.07) is 0. The van der Waals surface area contributed by atoms with Gasteiger partial charge in [0.1, 0.15) is 0 Å². The molecule has 3 aliphatic rings. The summed E-state index contributed by atoms with van der Waals surface area (Å²) in [6.45, 7) is 5.61. The van der Waals surface area contributed by atoms with Gasteiger partial charge in [0.05, 0.1) is 0 Å². The van der Waals surface area contributed by atoms with Gasteiger partial charge in [-0.15, -0.1) is 0 Å². The van der Waals surface area contributed by atoms with E-state index in [-0.39, 0.29) is 11.0 Å². The summed E-state index contributed by atoms with van der Waals surface area (Å²) < 4.78 is 6.02. The standard InChI is InChI=1S/C23H38O2Si/c1-18(2)22(24)25-26-23(19-12-6-3-7-13-19,20-14-8-4-9-15-20)21-16-10-5-11-17-21/h19-21H,1,3-17H2,2H3. The Balaban J connectivity index is 1.90. The molecule has 0 bridgehead atoms. The molecule has 2 nitrogen and oxygen atoms in total. The molecule has 0 spiro atoms. The molecule has 3 aliphatic carbocycles. The fourth-order valence-corrected chi connectivity index (χ4v) is 8.02. The summed E-state index contributed by atoms with van der Waals surface area (Å²) in [6.07, 6.45) is 20.7. The van der Waals surface area contributed by atoms with Gasteiger partial charge >= 0.3 is 15.7 Å². The first-order valence-corrected chi connectivity index (χ1v) is 12.2. The van der Waals surface area contributed by atoms with Crippen molar-refractivity contribution in [3.05, 3.63) is 12.2 Å². The molecule has 3 saturated carbocycles. The van der Waals surface area contributed by atoms with Crippen molar-refractivity contribution in [2.75, 3.05) is 0 Å². The number of hydrogen-bond acceptors (Lipinski definition) is 2. The van der Waals surface area contributed by atoms with Crippen LogP contribution >= 0.6 is 0 Å². The normalized spacial score (nSPS) is 24.3. The second-order valence-electron chi connectivity index (χ2n) is 9.21. The van der Waals surface area contributed by atoms with Crippen LogP contribution in [0.1, 0.15) is 103 Å². The average molecular weight is 375 g/mol. The molecule has 2 radical (unpaired) electrons. The quantitative estimate of drug-likeness (QED) is 0.385. The van der Waals surface area contributed by atoms with E-state index in [0.717, 1.165) is 17.8 Å². The van der Waals surface area contributed by atoms with Crippen molar-refractivity contribution in [1.29, 1.82) is 0 Å². The van der Waals surface area contributed by atoms with Crippen LogP contribution in [0.15, 0.2) is 12.2 Å². The van der Waals surface area contributed by atoms with Gasteiger partial charge in [-0.05, 0) is 24.7 Å². The molecule has 0 saturated heterocycles. The van der Waals surface area contributed by atoms with Crippen molar-refractivity contribution in [3.63, 3.8) is 0 Å². The Labute approximate surface area is 163 Å². The lowest BCUT2D eigenvalue weighted by molar-refractivity contribution is -0.130. The molecule has 146 valence electrons. The number of carbonyl (C=O) groups is 1. The van der Waals surface area contributed by atoms with Crippen LogP contribution in [0.5, 0.6) is 0 Å². The van der Waals surface area contributed by atoms with Gasteiger partial charge in [0.25, 0.3) is 0 Å². The molecule has 0 amide bonds. The largest absolute Gasteiger partial charge is 0.513 e. The molecule has 26 heavy (non-hydrogen) atoms. The maximum atomic E-state index is 12.3. The molecule has 0 aromatic carbocycles. The van der Waals surface area contributed by atoms with Crippen molar-refractivity contribution >= 4 is 15.7 Å². The molecular formula is C23H38O2Si. The number of carbonyl (C=O) groups excluding carboxylic acids is 1. The van der Waals surface area contributed by atoms with Crippen molar-refractivity contribution < 1.29 is 9.22 Å². The first kappa shape index (κ1) is 20.2. The van der Waals surface area contributed by atoms with E-state index in [1.54, 1.807) is 6.92 Å². The van der Waals surface area contributed by atoms with Crippen LogP contribution in [0.2, 0.25) is 5.04 Å². The highest BCUT2D eigenvalue weighted by Gasteiger charge is 2.53. The molecule has 0 aliphatic heterocycles. The van der Waals surface area contributed by atoms with E-state index in [0.29, 0.717) is 15.3 Å². The van der Waals surface area contributed by atoms with E-state index < -0.39 is 0 Å². The zero-order chi connectivity index (χ0) is 18.4. The Morgan fingerprint density at radius 2 is 1.12 bits per heavy atom. The van der Waals surface area contributed by atoms with Gasteiger partial charge in [-0.1, -0.05) is 103 Å². The number of hydrogen-bond donors (Lipinski definition) is 0. The van der Waals surface area contributed by atoms with Gasteiger partial charge in [-0.3, -0.25) is 0 Å². The average Bonchev–Trinajstić information content (AvgIpc) is 2.70. The van der Waals surface area contributed by atoms with Crippen molar-refractivity contribution in [3.8, 4) is 0 Å². The van der Waals surface area contributed by atoms with Crippen LogP contribution in [-0.2, 0) is 9.22 Å². The minimum atomic E-state index is -0.157. The molecule has 0 heterocycles. The molecule has 3 fully saturated rings. The Bertz CT molecular complexity index is 423. The molecule has 0 aromatic heterocycles. The summed E-state index contributed by atoms with van der Waals surface area (Å²) in [7, 11) is 0.349. The predicted octanol–water partition coefficient (Wildman–Crippen LogP) is 6.62. The van der Waals surface area contributed by atoms with Crippen LogP contribution in [0.25, 0.3) is 0 Å². The van der Waals surface area contributed by atoms with Gasteiger partial charge in [0, 0.05) is 10.6 Å². The summed E-state index contributed by atoms with van der Waals surface area (Å²) >= 11 is 0. The molecule has 0 aromatic rings. The van der Waals surface area contributed by atoms with Crippen LogP contribution in [-0.4, -0.2) is 15.7 Å². The Morgan fingerprint density at radius 1 is 0.769 bits per heavy atom. The maximum absolute atomic E-state index is 12.3. The highest BCUT2D eigenvalue weighted by molar-refractivity contribution is 6.36. The smallest absolute Gasteiger partial charge is 0.323 e. The third-order valence-electron chi connectivity index (χ3n) is 7.51. The van der Waals surface area contributed by atoms with E-state index in [9.17, 15) is 4.79 Å². The summed E-state index contributed by atoms with van der Waals surface area (Å²) in [5.41, 5.74) is 0.558.